The first-order chi connectivity index (χ1) is 16.2. The van der Waals surface area contributed by atoms with E-state index in [4.69, 9.17) is 4.98 Å². The van der Waals surface area contributed by atoms with Crippen molar-refractivity contribution in [2.24, 2.45) is 11.8 Å². The van der Waals surface area contributed by atoms with Gasteiger partial charge in [-0.05, 0) is 68.1 Å². The van der Waals surface area contributed by atoms with Gasteiger partial charge in [0.25, 0.3) is 0 Å². The van der Waals surface area contributed by atoms with E-state index < -0.39 is 0 Å². The summed E-state index contributed by atoms with van der Waals surface area (Å²) in [5.74, 6) is 0.578. The van der Waals surface area contributed by atoms with Crippen LogP contribution in [0.1, 0.15) is 64.2 Å². The molecule has 0 atom stereocenters. The van der Waals surface area contributed by atoms with E-state index in [1.165, 1.54) is 12.8 Å². The van der Waals surface area contributed by atoms with Crippen molar-refractivity contribution >= 4 is 44.7 Å². The van der Waals surface area contributed by atoms with Crippen LogP contribution in [0.5, 0.6) is 0 Å². The second-order valence-electron chi connectivity index (χ2n) is 9.43. The largest absolute Gasteiger partial charge is 0.326 e. The summed E-state index contributed by atoms with van der Waals surface area (Å²) in [6.07, 6.45) is 11.1. The van der Waals surface area contributed by atoms with Crippen LogP contribution in [0.4, 0.5) is 11.4 Å². The molecule has 2 fully saturated rings. The van der Waals surface area contributed by atoms with Crippen LogP contribution in [0.3, 0.4) is 0 Å². The highest BCUT2D eigenvalue weighted by atomic mass is 32.1. The van der Waals surface area contributed by atoms with Gasteiger partial charge in [0.05, 0.1) is 10.2 Å². The monoisotopic (exact) mass is 461 g/mol. The number of carbonyl (C=O) groups is 2. The number of rotatable bonds is 5. The van der Waals surface area contributed by atoms with Gasteiger partial charge >= 0.3 is 0 Å². The third-order valence-corrected chi connectivity index (χ3v) is 8.07. The molecule has 2 amide bonds. The van der Waals surface area contributed by atoms with Crippen LogP contribution in [0.25, 0.3) is 20.8 Å². The van der Waals surface area contributed by atoms with Gasteiger partial charge in [-0.25, -0.2) is 4.98 Å². The molecule has 1 aromatic heterocycles. The van der Waals surface area contributed by atoms with Crippen LogP contribution in [0, 0.1) is 11.8 Å². The Hall–Kier alpha value is -2.73. The molecule has 5 nitrogen and oxygen atoms in total. The first kappa shape index (κ1) is 22.1. The fourth-order valence-corrected chi connectivity index (χ4v) is 6.05. The maximum absolute atomic E-state index is 12.6. The summed E-state index contributed by atoms with van der Waals surface area (Å²) in [7, 11) is 0. The normalized spacial score (nSPS) is 17.7. The smallest absolute Gasteiger partial charge is 0.227 e. The molecule has 0 radical (unpaired) electrons. The van der Waals surface area contributed by atoms with Gasteiger partial charge in [0.2, 0.25) is 11.8 Å². The highest BCUT2D eigenvalue weighted by Crippen LogP contribution is 2.33. The van der Waals surface area contributed by atoms with Gasteiger partial charge < -0.3 is 10.6 Å². The Morgan fingerprint density at radius 1 is 0.727 bits per heavy atom. The van der Waals surface area contributed by atoms with E-state index in [1.807, 2.05) is 42.5 Å². The van der Waals surface area contributed by atoms with Crippen LogP contribution < -0.4 is 10.6 Å². The molecule has 3 aromatic rings. The van der Waals surface area contributed by atoms with Gasteiger partial charge in [0.1, 0.15) is 5.01 Å². The highest BCUT2D eigenvalue weighted by molar-refractivity contribution is 7.21. The number of nitrogens with zero attached hydrogens (tertiary/aromatic N) is 1. The molecule has 6 heteroatoms. The first-order valence-corrected chi connectivity index (χ1v) is 13.1. The molecule has 2 aromatic carbocycles. The summed E-state index contributed by atoms with van der Waals surface area (Å²) in [6.45, 7) is 0. The summed E-state index contributed by atoms with van der Waals surface area (Å²) in [5, 5.41) is 7.11. The molecule has 0 saturated heterocycles. The average molecular weight is 462 g/mol. The molecule has 0 unspecified atom stereocenters. The Kier molecular flexibility index (Phi) is 6.72. The molecule has 0 spiro atoms. The number of amides is 2. The highest BCUT2D eigenvalue weighted by Gasteiger charge is 2.22. The maximum atomic E-state index is 12.6. The zero-order valence-corrected chi connectivity index (χ0v) is 19.8. The number of aromatic nitrogens is 1. The number of anilines is 2. The zero-order chi connectivity index (χ0) is 22.6. The SMILES string of the molecule is O=C(Nc1ccc(-c2nc3ccc(NC(=O)C4CCCCC4)cc3s2)cc1)C1CCCCC1. The van der Waals surface area contributed by atoms with Gasteiger partial charge in [0, 0.05) is 28.8 Å². The standard InChI is InChI=1S/C27H31N3O2S/c31-25(18-7-3-1-4-8-18)28-21-13-11-20(12-14-21)27-30-23-16-15-22(17-24(23)33-27)29-26(32)19-9-5-2-6-10-19/h11-19H,1-10H2,(H,28,31)(H,29,32). The first-order valence-electron chi connectivity index (χ1n) is 12.3. The topological polar surface area (TPSA) is 71.1 Å². The van der Waals surface area contributed by atoms with Crippen molar-refractivity contribution < 1.29 is 9.59 Å². The maximum Gasteiger partial charge on any atom is 0.227 e. The Morgan fingerprint density at radius 3 is 1.88 bits per heavy atom. The Balaban J connectivity index is 1.25. The third kappa shape index (κ3) is 5.27. The van der Waals surface area contributed by atoms with Gasteiger partial charge in [-0.1, -0.05) is 38.5 Å². The predicted molar refractivity (Wildman–Crippen MR) is 135 cm³/mol. The Morgan fingerprint density at radius 2 is 1.27 bits per heavy atom. The van der Waals surface area contributed by atoms with E-state index in [0.717, 1.165) is 83.5 Å². The molecule has 1 heterocycles. The number of carbonyl (C=O) groups excluding carboxylic acids is 2. The second kappa shape index (κ2) is 10.0. The van der Waals surface area contributed by atoms with Gasteiger partial charge in [0.15, 0.2) is 0 Å². The molecule has 172 valence electrons. The number of thiazole rings is 1. The van der Waals surface area contributed by atoms with Crippen molar-refractivity contribution in [1.82, 2.24) is 4.98 Å². The van der Waals surface area contributed by atoms with Crippen molar-refractivity contribution in [3.05, 3.63) is 42.5 Å². The van der Waals surface area contributed by atoms with Crippen LogP contribution >= 0.6 is 11.3 Å². The molecule has 0 aliphatic heterocycles. The van der Waals surface area contributed by atoms with Crippen molar-refractivity contribution in [2.45, 2.75) is 64.2 Å². The lowest BCUT2D eigenvalue weighted by Crippen LogP contribution is -2.24. The molecule has 2 aliphatic carbocycles. The molecular weight excluding hydrogens is 430 g/mol. The molecule has 2 N–H and O–H groups in total. The van der Waals surface area contributed by atoms with E-state index >= 15 is 0 Å². The molecule has 0 bridgehead atoms. The Bertz CT molecular complexity index is 1130. The minimum atomic E-state index is 0.142. The lowest BCUT2D eigenvalue weighted by molar-refractivity contribution is -0.121. The molecule has 33 heavy (non-hydrogen) atoms. The average Bonchev–Trinajstić information content (AvgIpc) is 3.29. The van der Waals surface area contributed by atoms with E-state index in [9.17, 15) is 9.59 Å². The number of benzene rings is 2. The Labute approximate surface area is 199 Å². The lowest BCUT2D eigenvalue weighted by Gasteiger charge is -2.20. The number of nitrogens with one attached hydrogen (secondary N) is 2. The minimum absolute atomic E-state index is 0.142. The molecule has 2 aliphatic rings. The van der Waals surface area contributed by atoms with Crippen LogP contribution in [0.15, 0.2) is 42.5 Å². The summed E-state index contributed by atoms with van der Waals surface area (Å²) >= 11 is 1.62. The molecular formula is C27H31N3O2S. The van der Waals surface area contributed by atoms with E-state index in [-0.39, 0.29) is 23.7 Å². The van der Waals surface area contributed by atoms with E-state index in [1.54, 1.807) is 11.3 Å². The number of fused-ring (bicyclic) bond motifs is 1. The third-order valence-electron chi connectivity index (χ3n) is 7.01. The van der Waals surface area contributed by atoms with Crippen LogP contribution in [-0.2, 0) is 9.59 Å². The lowest BCUT2D eigenvalue weighted by atomic mass is 9.88. The van der Waals surface area contributed by atoms with Gasteiger partial charge in [-0.2, -0.15) is 0 Å². The van der Waals surface area contributed by atoms with Crippen LogP contribution in [-0.4, -0.2) is 16.8 Å². The summed E-state index contributed by atoms with van der Waals surface area (Å²) in [4.78, 5) is 29.9. The fraction of sp³-hybridized carbons (Fsp3) is 0.444. The van der Waals surface area contributed by atoms with Crippen molar-refractivity contribution in [1.29, 1.82) is 0 Å². The quantitative estimate of drug-likeness (QED) is 0.430. The molecule has 5 rings (SSSR count). The minimum Gasteiger partial charge on any atom is -0.326 e. The fourth-order valence-electron chi connectivity index (χ4n) is 5.04. The summed E-state index contributed by atoms with van der Waals surface area (Å²) < 4.78 is 1.06. The van der Waals surface area contributed by atoms with Crippen molar-refractivity contribution in [3.8, 4) is 10.6 Å². The van der Waals surface area contributed by atoms with Crippen molar-refractivity contribution in [2.75, 3.05) is 10.6 Å². The number of hydrogen-bond acceptors (Lipinski definition) is 4. The van der Waals surface area contributed by atoms with E-state index in [0.29, 0.717) is 0 Å². The summed E-state index contributed by atoms with van der Waals surface area (Å²) in [5.41, 5.74) is 3.64. The second-order valence-corrected chi connectivity index (χ2v) is 10.5. The van der Waals surface area contributed by atoms with E-state index in [2.05, 4.69) is 10.6 Å². The van der Waals surface area contributed by atoms with Crippen molar-refractivity contribution in [3.63, 3.8) is 0 Å². The predicted octanol–water partition coefficient (Wildman–Crippen LogP) is 7.00. The van der Waals surface area contributed by atoms with Gasteiger partial charge in [-0.15, -0.1) is 11.3 Å². The molecule has 2 saturated carbocycles. The van der Waals surface area contributed by atoms with Gasteiger partial charge in [-0.3, -0.25) is 9.59 Å². The van der Waals surface area contributed by atoms with Crippen LogP contribution in [0.2, 0.25) is 0 Å². The number of hydrogen-bond donors (Lipinski definition) is 2. The zero-order valence-electron chi connectivity index (χ0n) is 18.9. The summed E-state index contributed by atoms with van der Waals surface area (Å²) in [6, 6.07) is 13.9.